The Morgan fingerprint density at radius 1 is 1.02 bits per heavy atom. The molecule has 1 aromatic carbocycles. The quantitative estimate of drug-likeness (QED) is 0.376. The van der Waals surface area contributed by atoms with Crippen molar-refractivity contribution in [2.75, 3.05) is 31.3 Å². The normalized spacial score (nSPS) is 17.5. The lowest BCUT2D eigenvalue weighted by atomic mass is 9.80. The van der Waals surface area contributed by atoms with Crippen molar-refractivity contribution in [2.24, 2.45) is 5.41 Å². The number of nitrogens with zero attached hydrogens (tertiary/aromatic N) is 4. The van der Waals surface area contributed by atoms with Crippen molar-refractivity contribution in [3.8, 4) is 0 Å². The molecule has 2 aromatic heterocycles. The van der Waals surface area contributed by atoms with Crippen LogP contribution in [-0.2, 0) is 36.1 Å². The van der Waals surface area contributed by atoms with Crippen LogP contribution in [-0.4, -0.2) is 46.3 Å². The third-order valence-corrected chi connectivity index (χ3v) is 7.92. The first kappa shape index (κ1) is 27.6. The van der Waals surface area contributed by atoms with Gasteiger partial charge < -0.3 is 20.4 Å². The van der Waals surface area contributed by atoms with Gasteiger partial charge in [0.15, 0.2) is 0 Å². The number of carbonyl (C=O) groups excluding carboxylic acids is 1. The van der Waals surface area contributed by atoms with Crippen LogP contribution in [0.1, 0.15) is 48.7 Å². The molecule has 1 aliphatic carbocycles. The van der Waals surface area contributed by atoms with Gasteiger partial charge in [0.2, 0.25) is 5.91 Å². The second-order valence-corrected chi connectivity index (χ2v) is 12.4. The van der Waals surface area contributed by atoms with Crippen molar-refractivity contribution in [2.45, 2.75) is 52.1 Å². The lowest BCUT2D eigenvalue weighted by molar-refractivity contribution is -0.120. The Morgan fingerprint density at radius 2 is 1.75 bits per heavy atom. The molecule has 1 atom stereocenters. The van der Waals surface area contributed by atoms with Gasteiger partial charge in [-0.2, -0.15) is 0 Å². The van der Waals surface area contributed by atoms with Gasteiger partial charge >= 0.3 is 0 Å². The summed E-state index contributed by atoms with van der Waals surface area (Å²) >= 11 is 0. The van der Waals surface area contributed by atoms with Crippen molar-refractivity contribution >= 4 is 17.5 Å². The Kier molecular flexibility index (Phi) is 7.27. The molecule has 5 rings (SSSR count). The monoisotopic (exact) mass is 536 g/mol. The molecule has 3 heterocycles. The zero-order chi connectivity index (χ0) is 28.7. The summed E-state index contributed by atoms with van der Waals surface area (Å²) in [5, 5.41) is 6.41. The maximum atomic E-state index is 13.1. The van der Waals surface area contributed by atoms with E-state index in [-0.39, 0.29) is 11.3 Å². The number of fused-ring (bicyclic) bond motifs is 3. The van der Waals surface area contributed by atoms with Gasteiger partial charge in [-0.25, -0.2) is 9.97 Å². The van der Waals surface area contributed by atoms with Crippen LogP contribution in [0.15, 0.2) is 79.3 Å². The molecule has 1 spiro atoms. The Balaban J connectivity index is 1.33. The Morgan fingerprint density at radius 3 is 2.45 bits per heavy atom. The summed E-state index contributed by atoms with van der Waals surface area (Å²) in [6.45, 7) is 17.6. The molecule has 3 aromatic rings. The summed E-state index contributed by atoms with van der Waals surface area (Å²) in [7, 11) is 4.18. The van der Waals surface area contributed by atoms with Crippen molar-refractivity contribution < 1.29 is 4.79 Å². The first-order valence-corrected chi connectivity index (χ1v) is 13.8. The summed E-state index contributed by atoms with van der Waals surface area (Å²) in [4.78, 5) is 26.9. The summed E-state index contributed by atoms with van der Waals surface area (Å²) in [5.41, 5.74) is 6.76. The van der Waals surface area contributed by atoms with Gasteiger partial charge in [-0.1, -0.05) is 70.3 Å². The molecule has 0 saturated heterocycles. The van der Waals surface area contributed by atoms with Crippen molar-refractivity contribution in [1.29, 1.82) is 0 Å². The van der Waals surface area contributed by atoms with Gasteiger partial charge in [0.05, 0.1) is 12.0 Å². The SMILES string of the molecule is C=C(CN(Cc1ccccc1CN(C)C)C(=C)C(C)(C)C)Nc1ccc2c(n1)CC1(C2)C(=O)Nc2ncccc21. The lowest BCUT2D eigenvalue weighted by Crippen LogP contribution is -2.35. The molecule has 0 fully saturated rings. The largest absolute Gasteiger partial charge is 0.365 e. The average Bonchev–Trinajstić information content (AvgIpc) is 3.40. The number of nitrogens with one attached hydrogen (secondary N) is 2. The van der Waals surface area contributed by atoms with Crippen LogP contribution in [0.2, 0.25) is 0 Å². The fraction of sp³-hybridized carbons (Fsp3) is 0.364. The highest BCUT2D eigenvalue weighted by molar-refractivity contribution is 6.06. The minimum absolute atomic E-state index is 0.00370. The van der Waals surface area contributed by atoms with Crippen LogP contribution < -0.4 is 10.6 Å². The van der Waals surface area contributed by atoms with E-state index in [9.17, 15) is 4.79 Å². The molecule has 2 N–H and O–H groups in total. The summed E-state index contributed by atoms with van der Waals surface area (Å²) < 4.78 is 0. The zero-order valence-electron chi connectivity index (χ0n) is 24.3. The molecule has 208 valence electrons. The highest BCUT2D eigenvalue weighted by Gasteiger charge is 2.51. The van der Waals surface area contributed by atoms with Gasteiger partial charge in [-0.05, 0) is 49.3 Å². The number of hydrogen-bond donors (Lipinski definition) is 2. The summed E-state index contributed by atoms with van der Waals surface area (Å²) in [5.74, 6) is 1.40. The topological polar surface area (TPSA) is 73.4 Å². The number of rotatable bonds is 9. The van der Waals surface area contributed by atoms with Crippen molar-refractivity contribution in [3.63, 3.8) is 0 Å². The fourth-order valence-electron chi connectivity index (χ4n) is 5.76. The van der Waals surface area contributed by atoms with E-state index in [1.165, 1.54) is 11.1 Å². The first-order valence-electron chi connectivity index (χ1n) is 13.8. The third kappa shape index (κ3) is 5.39. The van der Waals surface area contributed by atoms with E-state index in [0.717, 1.165) is 47.1 Å². The number of hydrogen-bond acceptors (Lipinski definition) is 6. The van der Waals surface area contributed by atoms with Crippen LogP contribution in [0.3, 0.4) is 0 Å². The molecule has 7 heteroatoms. The summed E-state index contributed by atoms with van der Waals surface area (Å²) in [6, 6.07) is 16.5. The Labute approximate surface area is 238 Å². The molecule has 7 nitrogen and oxygen atoms in total. The molecule has 40 heavy (non-hydrogen) atoms. The van der Waals surface area contributed by atoms with Crippen LogP contribution >= 0.6 is 0 Å². The minimum Gasteiger partial charge on any atom is -0.365 e. The van der Waals surface area contributed by atoms with E-state index in [4.69, 9.17) is 4.98 Å². The number of allylic oxidation sites excluding steroid dienone is 1. The molecular formula is C33H40N6O. The van der Waals surface area contributed by atoms with E-state index in [1.807, 2.05) is 18.2 Å². The van der Waals surface area contributed by atoms with Gasteiger partial charge in [0, 0.05) is 53.8 Å². The molecule has 1 amide bonds. The molecule has 0 saturated carbocycles. The van der Waals surface area contributed by atoms with Crippen LogP contribution in [0.4, 0.5) is 11.6 Å². The van der Waals surface area contributed by atoms with E-state index in [1.54, 1.807) is 6.20 Å². The van der Waals surface area contributed by atoms with Gasteiger partial charge in [0.1, 0.15) is 11.6 Å². The number of carbonyl (C=O) groups is 1. The van der Waals surface area contributed by atoms with Crippen LogP contribution in [0, 0.1) is 5.41 Å². The zero-order valence-corrected chi connectivity index (χ0v) is 24.3. The second kappa shape index (κ2) is 10.5. The van der Waals surface area contributed by atoms with E-state index in [2.05, 4.69) is 104 Å². The third-order valence-electron chi connectivity index (χ3n) is 7.92. The smallest absolute Gasteiger partial charge is 0.237 e. The predicted molar refractivity (Wildman–Crippen MR) is 162 cm³/mol. The highest BCUT2D eigenvalue weighted by atomic mass is 16.2. The Bertz CT molecular complexity index is 1470. The van der Waals surface area contributed by atoms with Gasteiger partial charge in [-0.3, -0.25) is 4.79 Å². The van der Waals surface area contributed by atoms with E-state index >= 15 is 0 Å². The Hall–Kier alpha value is -3.97. The lowest BCUT2D eigenvalue weighted by Gasteiger charge is -2.36. The average molecular weight is 537 g/mol. The van der Waals surface area contributed by atoms with E-state index < -0.39 is 5.41 Å². The van der Waals surface area contributed by atoms with Gasteiger partial charge in [0.25, 0.3) is 0 Å². The molecule has 1 aliphatic heterocycles. The highest BCUT2D eigenvalue weighted by Crippen LogP contribution is 2.46. The fourth-order valence-corrected chi connectivity index (χ4v) is 5.76. The van der Waals surface area contributed by atoms with Crippen molar-refractivity contribution in [3.05, 3.63) is 107 Å². The number of aromatic nitrogens is 2. The molecule has 0 bridgehead atoms. The number of anilines is 2. The van der Waals surface area contributed by atoms with Crippen molar-refractivity contribution in [1.82, 2.24) is 19.8 Å². The molecule has 2 aliphatic rings. The maximum absolute atomic E-state index is 13.1. The first-order chi connectivity index (χ1) is 19.0. The predicted octanol–water partition coefficient (Wildman–Crippen LogP) is 5.51. The molecule has 1 unspecified atom stereocenters. The second-order valence-electron chi connectivity index (χ2n) is 12.4. The number of amides is 1. The summed E-state index contributed by atoms with van der Waals surface area (Å²) in [6.07, 6.45) is 2.90. The van der Waals surface area contributed by atoms with Crippen LogP contribution in [0.25, 0.3) is 0 Å². The number of pyridine rings is 2. The number of benzene rings is 1. The van der Waals surface area contributed by atoms with E-state index in [0.29, 0.717) is 25.2 Å². The standard InChI is InChI=1S/C33H40N6O/c1-22(19-39(23(2)32(3,4)5)21-26-12-9-8-11-25(26)20-38(6)7)35-29-15-14-24-17-33(18-28(24)36-29)27-13-10-16-34-30(27)37-31(33)40/h8-16H,1-2,17-21H2,3-7H3,(H,35,36)(H,34,37,40). The van der Waals surface area contributed by atoms with Crippen LogP contribution in [0.5, 0.6) is 0 Å². The van der Waals surface area contributed by atoms with Gasteiger partial charge in [-0.15, -0.1) is 0 Å². The molecular weight excluding hydrogens is 496 g/mol. The molecule has 0 radical (unpaired) electrons. The maximum Gasteiger partial charge on any atom is 0.237 e. The minimum atomic E-state index is -0.629.